The summed E-state index contributed by atoms with van der Waals surface area (Å²) in [4.78, 5) is 44.7. The van der Waals surface area contributed by atoms with Gasteiger partial charge in [0.05, 0.1) is 12.1 Å². The smallest absolute Gasteiger partial charge is 0.322 e. The Morgan fingerprint density at radius 3 is 2.51 bits per heavy atom. The van der Waals surface area contributed by atoms with Crippen LogP contribution in [0.2, 0.25) is 0 Å². The fraction of sp³-hybridized carbons (Fsp3) is 0.231. The van der Waals surface area contributed by atoms with Gasteiger partial charge in [0.25, 0.3) is 0 Å². The van der Waals surface area contributed by atoms with Crippen LogP contribution < -0.4 is 5.32 Å². The Balaban J connectivity index is 1.30. The van der Waals surface area contributed by atoms with Crippen molar-refractivity contribution in [3.05, 3.63) is 84.6 Å². The first-order valence-electron chi connectivity index (χ1n) is 11.2. The Morgan fingerprint density at radius 2 is 1.80 bits per heavy atom. The molecule has 3 atom stereocenters. The third-order valence-corrected chi connectivity index (χ3v) is 9.19. The van der Waals surface area contributed by atoms with Crippen molar-refractivity contribution in [3.8, 4) is 11.3 Å². The molecule has 3 aromatic rings. The molecular formula is C26H23N3O4S2. The lowest BCUT2D eigenvalue weighted by Crippen LogP contribution is -2.74. The number of amides is 2. The van der Waals surface area contributed by atoms with E-state index in [9.17, 15) is 19.5 Å². The molecule has 0 radical (unpaired) electrons. The van der Waals surface area contributed by atoms with E-state index in [1.165, 1.54) is 23.5 Å². The van der Waals surface area contributed by atoms with Crippen molar-refractivity contribution >= 4 is 41.3 Å². The second-order valence-corrected chi connectivity index (χ2v) is 11.0. The first kappa shape index (κ1) is 23.4. The number of hydrogen-bond donors (Lipinski definition) is 2. The second-order valence-electron chi connectivity index (χ2n) is 8.49. The number of rotatable bonds is 7. The van der Waals surface area contributed by atoms with Gasteiger partial charge in [-0.2, -0.15) is 0 Å². The highest BCUT2D eigenvalue weighted by atomic mass is 32.2. The van der Waals surface area contributed by atoms with Gasteiger partial charge in [-0.3, -0.25) is 19.4 Å². The van der Waals surface area contributed by atoms with Crippen molar-refractivity contribution in [1.82, 2.24) is 15.2 Å². The maximum atomic E-state index is 12.9. The number of carboxylic acids is 1. The molecule has 1 aromatic heterocycles. The minimum atomic E-state index is -1.22. The average molecular weight is 506 g/mol. The fourth-order valence-electron chi connectivity index (χ4n) is 4.29. The predicted molar refractivity (Wildman–Crippen MR) is 136 cm³/mol. The summed E-state index contributed by atoms with van der Waals surface area (Å²) in [5.74, 6) is -1.14. The van der Waals surface area contributed by atoms with Gasteiger partial charge in [0.15, 0.2) is 0 Å². The minimum absolute atomic E-state index is 0.0671. The largest absolute Gasteiger partial charge is 0.480 e. The van der Waals surface area contributed by atoms with E-state index >= 15 is 0 Å². The van der Waals surface area contributed by atoms with Gasteiger partial charge in [-0.25, -0.2) is 0 Å². The van der Waals surface area contributed by atoms with Crippen LogP contribution in [0, 0.1) is 0 Å². The van der Waals surface area contributed by atoms with E-state index < -0.39 is 16.8 Å². The summed E-state index contributed by atoms with van der Waals surface area (Å²) < 4.78 is -1.22. The van der Waals surface area contributed by atoms with Gasteiger partial charge in [0, 0.05) is 29.0 Å². The summed E-state index contributed by atoms with van der Waals surface area (Å²) in [6.45, 7) is 0.0671. The summed E-state index contributed by atoms with van der Waals surface area (Å²) in [6.07, 6.45) is 1.88. The van der Waals surface area contributed by atoms with Crippen LogP contribution >= 0.6 is 23.5 Å². The molecule has 35 heavy (non-hydrogen) atoms. The van der Waals surface area contributed by atoms with Crippen LogP contribution in [-0.4, -0.2) is 61.2 Å². The van der Waals surface area contributed by atoms with Crippen LogP contribution in [0.25, 0.3) is 11.3 Å². The molecule has 0 bridgehead atoms. The number of carbonyl (C=O) groups is 3. The number of benzene rings is 2. The molecule has 7 nitrogen and oxygen atoms in total. The first-order valence-corrected chi connectivity index (χ1v) is 13.0. The van der Waals surface area contributed by atoms with Crippen molar-refractivity contribution in [2.75, 3.05) is 12.3 Å². The summed E-state index contributed by atoms with van der Waals surface area (Å²) in [5.41, 5.74) is 2.49. The fourth-order valence-corrected chi connectivity index (χ4v) is 7.24. The van der Waals surface area contributed by atoms with E-state index in [-0.39, 0.29) is 30.2 Å². The van der Waals surface area contributed by atoms with Crippen molar-refractivity contribution in [3.63, 3.8) is 0 Å². The Bertz CT molecular complexity index is 1260. The zero-order valence-corrected chi connectivity index (χ0v) is 20.3. The molecule has 3 heterocycles. The van der Waals surface area contributed by atoms with Crippen LogP contribution in [0.4, 0.5) is 0 Å². The molecule has 2 aromatic carbocycles. The average Bonchev–Trinajstić information content (AvgIpc) is 2.88. The van der Waals surface area contributed by atoms with E-state index in [1.807, 2.05) is 66.7 Å². The molecule has 178 valence electrons. The second kappa shape index (κ2) is 9.75. The normalized spacial score (nSPS) is 23.2. The topological polar surface area (TPSA) is 99.6 Å². The van der Waals surface area contributed by atoms with Gasteiger partial charge in [-0.15, -0.1) is 23.5 Å². The number of aliphatic carboxylic acids is 1. The lowest BCUT2D eigenvalue weighted by atomic mass is 10.0. The van der Waals surface area contributed by atoms with E-state index in [4.69, 9.17) is 0 Å². The lowest BCUT2D eigenvalue weighted by Gasteiger charge is -2.53. The van der Waals surface area contributed by atoms with Gasteiger partial charge in [-0.05, 0) is 17.7 Å². The van der Waals surface area contributed by atoms with Crippen molar-refractivity contribution in [2.45, 2.75) is 27.5 Å². The van der Waals surface area contributed by atoms with Crippen LogP contribution in [-0.2, 0) is 20.8 Å². The van der Waals surface area contributed by atoms with Gasteiger partial charge < -0.3 is 15.3 Å². The molecule has 2 amide bonds. The lowest BCUT2D eigenvalue weighted by molar-refractivity contribution is -0.152. The predicted octanol–water partition coefficient (Wildman–Crippen LogP) is 3.31. The van der Waals surface area contributed by atoms with Crippen LogP contribution in [0.1, 0.15) is 5.56 Å². The number of carboxylic acid groups (broad SMARTS) is 1. The molecule has 0 aliphatic carbocycles. The molecule has 2 aliphatic rings. The summed E-state index contributed by atoms with van der Waals surface area (Å²) in [7, 11) is 0. The number of pyridine rings is 1. The number of β-lactam (4-membered cyclic amide) rings is 1. The number of fused-ring (bicyclic) bond motifs is 1. The molecule has 2 aliphatic heterocycles. The maximum Gasteiger partial charge on any atom is 0.322 e. The number of hydrogen-bond acceptors (Lipinski definition) is 6. The van der Waals surface area contributed by atoms with Crippen molar-refractivity contribution in [2.24, 2.45) is 0 Å². The van der Waals surface area contributed by atoms with Crippen LogP contribution in [0.5, 0.6) is 0 Å². The zero-order valence-electron chi connectivity index (χ0n) is 18.7. The summed E-state index contributed by atoms with van der Waals surface area (Å²) >= 11 is 2.63. The Morgan fingerprint density at radius 1 is 1.09 bits per heavy atom. The van der Waals surface area contributed by atoms with E-state index in [2.05, 4.69) is 10.3 Å². The summed E-state index contributed by atoms with van der Waals surface area (Å²) in [5, 5.41) is 12.8. The molecule has 5 rings (SSSR count). The van der Waals surface area contributed by atoms with Gasteiger partial charge >= 0.3 is 5.97 Å². The molecular weight excluding hydrogens is 482 g/mol. The number of nitrogens with one attached hydrogen (secondary N) is 1. The SMILES string of the molecule is O=C(Cc1ccccc1)N[C@@H]1C(=O)N2CC(Sc3cccnc3-c3ccccc3)(C(=O)O)CS[C@H]12. The molecule has 2 N–H and O–H groups in total. The molecule has 0 saturated carbocycles. The highest BCUT2D eigenvalue weighted by molar-refractivity contribution is 8.05. The quantitative estimate of drug-likeness (QED) is 0.475. The van der Waals surface area contributed by atoms with Gasteiger partial charge in [0.2, 0.25) is 11.8 Å². The van der Waals surface area contributed by atoms with Gasteiger partial charge in [-0.1, -0.05) is 60.7 Å². The van der Waals surface area contributed by atoms with E-state index in [0.29, 0.717) is 11.4 Å². The highest BCUT2D eigenvalue weighted by Crippen LogP contribution is 2.47. The number of aromatic nitrogens is 1. The van der Waals surface area contributed by atoms with Crippen LogP contribution in [0.15, 0.2) is 83.9 Å². The van der Waals surface area contributed by atoms with Gasteiger partial charge in [0.1, 0.15) is 16.2 Å². The summed E-state index contributed by atoms with van der Waals surface area (Å²) in [6, 6.07) is 22.0. The Hall–Kier alpha value is -3.30. The molecule has 9 heteroatoms. The Kier molecular flexibility index (Phi) is 6.53. The highest BCUT2D eigenvalue weighted by Gasteiger charge is 2.58. The van der Waals surface area contributed by atoms with Crippen molar-refractivity contribution < 1.29 is 19.5 Å². The third kappa shape index (κ3) is 4.66. The first-order chi connectivity index (χ1) is 17.0. The van der Waals surface area contributed by atoms with Crippen molar-refractivity contribution in [1.29, 1.82) is 0 Å². The number of carbonyl (C=O) groups excluding carboxylic acids is 2. The molecule has 0 spiro atoms. The molecule has 2 fully saturated rings. The maximum absolute atomic E-state index is 12.9. The third-order valence-electron chi connectivity index (χ3n) is 6.09. The van der Waals surface area contributed by atoms with E-state index in [1.54, 1.807) is 17.2 Å². The van der Waals surface area contributed by atoms with E-state index in [0.717, 1.165) is 16.0 Å². The molecule has 2 saturated heterocycles. The minimum Gasteiger partial charge on any atom is -0.480 e. The number of nitrogens with zero attached hydrogens (tertiary/aromatic N) is 2. The number of thioether (sulfide) groups is 2. The monoisotopic (exact) mass is 505 g/mol. The Labute approximate surface area is 211 Å². The zero-order chi connectivity index (χ0) is 24.4. The van der Waals surface area contributed by atoms with Crippen LogP contribution in [0.3, 0.4) is 0 Å². The standard InChI is InChI=1S/C26H23N3O4S2/c30-20(14-17-8-3-1-4-9-17)28-22-23(31)29-15-26(25(32)33,16-34-24(22)29)35-19-12-7-13-27-21(19)18-10-5-2-6-11-18/h1-13,22,24H,14-16H2,(H,28,30)(H,32,33)/t22-,24-,26?/m1/s1. The molecule has 1 unspecified atom stereocenters.